The van der Waals surface area contributed by atoms with Gasteiger partial charge in [-0.25, -0.2) is 0 Å². The van der Waals surface area contributed by atoms with Crippen LogP contribution >= 0.6 is 0 Å². The molecule has 1 saturated heterocycles. The summed E-state index contributed by atoms with van der Waals surface area (Å²) < 4.78 is 10.0. The molecule has 6 nitrogen and oxygen atoms in total. The molecule has 1 N–H and O–H groups in total. The van der Waals surface area contributed by atoms with Gasteiger partial charge in [0.05, 0.1) is 7.11 Å². The first-order valence-electron chi connectivity index (χ1n) is 5.32. The van der Waals surface area contributed by atoms with Gasteiger partial charge in [-0.2, -0.15) is 0 Å². The summed E-state index contributed by atoms with van der Waals surface area (Å²) in [6, 6.07) is -0.203. The van der Waals surface area contributed by atoms with E-state index < -0.39 is 0 Å². The summed E-state index contributed by atoms with van der Waals surface area (Å²) >= 11 is 0. The fourth-order valence-corrected chi connectivity index (χ4v) is 1.89. The Morgan fingerprint density at radius 3 is 2.81 bits per heavy atom. The van der Waals surface area contributed by atoms with Crippen LogP contribution < -0.4 is 5.32 Å². The van der Waals surface area contributed by atoms with Crippen molar-refractivity contribution in [2.24, 2.45) is 0 Å². The van der Waals surface area contributed by atoms with E-state index in [-0.39, 0.29) is 17.9 Å². The van der Waals surface area contributed by atoms with Crippen LogP contribution in [0.4, 0.5) is 0 Å². The molecule has 2 heterocycles. The number of rotatable bonds is 2. The largest absolute Gasteiger partial charge is 0.468 e. The second kappa shape index (κ2) is 4.61. The van der Waals surface area contributed by atoms with E-state index in [0.29, 0.717) is 18.3 Å². The number of hydrogen-bond acceptors (Lipinski definition) is 6. The van der Waals surface area contributed by atoms with Crippen molar-refractivity contribution in [3.63, 3.8) is 0 Å². The van der Waals surface area contributed by atoms with Gasteiger partial charge < -0.3 is 14.5 Å². The zero-order valence-electron chi connectivity index (χ0n) is 9.40. The van der Waals surface area contributed by atoms with Gasteiger partial charge in [-0.05, 0) is 12.8 Å². The van der Waals surface area contributed by atoms with E-state index in [1.54, 1.807) is 6.92 Å². The van der Waals surface area contributed by atoms with Crippen molar-refractivity contribution < 1.29 is 13.9 Å². The summed E-state index contributed by atoms with van der Waals surface area (Å²) in [4.78, 5) is 11.3. The van der Waals surface area contributed by atoms with Crippen LogP contribution in [0.5, 0.6) is 0 Å². The molecule has 1 unspecified atom stereocenters. The molecule has 0 amide bonds. The number of piperidine rings is 1. The zero-order chi connectivity index (χ0) is 11.5. The number of ether oxygens (including phenoxy) is 1. The maximum absolute atomic E-state index is 11.3. The molecule has 0 saturated carbocycles. The van der Waals surface area contributed by atoms with E-state index in [0.717, 1.165) is 12.8 Å². The number of hydrogen-bond donors (Lipinski definition) is 1. The van der Waals surface area contributed by atoms with Crippen LogP contribution in [0.25, 0.3) is 0 Å². The van der Waals surface area contributed by atoms with E-state index in [1.165, 1.54) is 7.11 Å². The minimum Gasteiger partial charge on any atom is -0.468 e. The molecule has 88 valence electrons. The Kier molecular flexibility index (Phi) is 3.19. The molecule has 1 aromatic heterocycles. The number of methoxy groups -OCH3 is 1. The predicted molar refractivity (Wildman–Crippen MR) is 54.8 cm³/mol. The fraction of sp³-hybridized carbons (Fsp3) is 0.700. The second-order valence-electron chi connectivity index (χ2n) is 3.92. The quantitative estimate of drug-likeness (QED) is 0.733. The van der Waals surface area contributed by atoms with Crippen LogP contribution in [-0.4, -0.2) is 35.9 Å². The summed E-state index contributed by atoms with van der Waals surface area (Å²) in [5.41, 5.74) is 0. The first kappa shape index (κ1) is 11.1. The molecule has 1 fully saturated rings. The summed E-state index contributed by atoms with van der Waals surface area (Å²) in [6.07, 6.45) is 1.59. The molecule has 1 aliphatic heterocycles. The third-order valence-corrected chi connectivity index (χ3v) is 2.79. The van der Waals surface area contributed by atoms with E-state index in [9.17, 15) is 4.79 Å². The van der Waals surface area contributed by atoms with Gasteiger partial charge in [-0.15, -0.1) is 10.2 Å². The molecule has 0 radical (unpaired) electrons. The molecular weight excluding hydrogens is 210 g/mol. The standard InChI is InChI=1S/C10H15N3O3/c1-6-12-13-9(16-6)7-3-4-8(11-5-7)10(14)15-2/h7-8,11H,3-5H2,1-2H3/t7?,8-/m1/s1. The highest BCUT2D eigenvalue weighted by molar-refractivity contribution is 5.75. The lowest BCUT2D eigenvalue weighted by Gasteiger charge is -2.25. The minimum absolute atomic E-state index is 0.196. The van der Waals surface area contributed by atoms with Gasteiger partial charge in [-0.1, -0.05) is 0 Å². The van der Waals surface area contributed by atoms with Gasteiger partial charge >= 0.3 is 5.97 Å². The van der Waals surface area contributed by atoms with Gasteiger partial charge in [0, 0.05) is 19.4 Å². The minimum atomic E-state index is -0.208. The van der Waals surface area contributed by atoms with Gasteiger partial charge in [0.25, 0.3) is 0 Å². The Morgan fingerprint density at radius 2 is 2.31 bits per heavy atom. The van der Waals surface area contributed by atoms with Crippen molar-refractivity contribution in [1.82, 2.24) is 15.5 Å². The maximum Gasteiger partial charge on any atom is 0.322 e. The summed E-state index contributed by atoms with van der Waals surface area (Å²) in [5.74, 6) is 1.21. The molecular formula is C10H15N3O3. The third-order valence-electron chi connectivity index (χ3n) is 2.79. The smallest absolute Gasteiger partial charge is 0.322 e. The normalized spacial score (nSPS) is 25.4. The zero-order valence-corrected chi connectivity index (χ0v) is 9.40. The number of aryl methyl sites for hydroxylation is 1. The monoisotopic (exact) mass is 225 g/mol. The SMILES string of the molecule is COC(=O)[C@H]1CCC(c2nnc(C)o2)CN1. The van der Waals surface area contributed by atoms with Crippen LogP contribution in [0, 0.1) is 6.92 Å². The van der Waals surface area contributed by atoms with Crippen molar-refractivity contribution in [2.75, 3.05) is 13.7 Å². The van der Waals surface area contributed by atoms with E-state index >= 15 is 0 Å². The first-order chi connectivity index (χ1) is 7.70. The Hall–Kier alpha value is -1.43. The molecule has 2 rings (SSSR count). The van der Waals surface area contributed by atoms with Crippen LogP contribution in [0.3, 0.4) is 0 Å². The Labute approximate surface area is 93.4 Å². The van der Waals surface area contributed by atoms with Crippen molar-refractivity contribution >= 4 is 5.97 Å². The predicted octanol–water partition coefficient (Wildman–Crippen LogP) is 0.387. The lowest BCUT2D eigenvalue weighted by molar-refractivity contribution is -0.143. The average Bonchev–Trinajstić information content (AvgIpc) is 2.75. The first-order valence-corrected chi connectivity index (χ1v) is 5.32. The summed E-state index contributed by atoms with van der Waals surface area (Å²) in [7, 11) is 1.40. The number of aromatic nitrogens is 2. The average molecular weight is 225 g/mol. The van der Waals surface area contributed by atoms with E-state index in [2.05, 4.69) is 20.3 Å². The van der Waals surface area contributed by atoms with Crippen LogP contribution in [-0.2, 0) is 9.53 Å². The highest BCUT2D eigenvalue weighted by atomic mass is 16.5. The summed E-state index contributed by atoms with van der Waals surface area (Å²) in [6.45, 7) is 2.44. The van der Waals surface area contributed by atoms with E-state index in [1.807, 2.05) is 0 Å². The molecule has 0 aliphatic carbocycles. The Bertz CT molecular complexity index is 369. The Balaban J connectivity index is 1.92. The van der Waals surface area contributed by atoms with Crippen molar-refractivity contribution in [1.29, 1.82) is 0 Å². The molecule has 0 bridgehead atoms. The number of carbonyl (C=O) groups is 1. The Morgan fingerprint density at radius 1 is 1.50 bits per heavy atom. The van der Waals surface area contributed by atoms with Crippen LogP contribution in [0.15, 0.2) is 4.42 Å². The molecule has 1 aromatic rings. The maximum atomic E-state index is 11.3. The lowest BCUT2D eigenvalue weighted by Crippen LogP contribution is -2.43. The van der Waals surface area contributed by atoms with Crippen LogP contribution in [0.2, 0.25) is 0 Å². The lowest BCUT2D eigenvalue weighted by atomic mass is 9.95. The van der Waals surface area contributed by atoms with Gasteiger partial charge in [0.1, 0.15) is 6.04 Å². The number of nitrogens with one attached hydrogen (secondary N) is 1. The fourth-order valence-electron chi connectivity index (χ4n) is 1.89. The number of nitrogens with zero attached hydrogens (tertiary/aromatic N) is 2. The molecule has 0 spiro atoms. The number of esters is 1. The van der Waals surface area contributed by atoms with Crippen molar-refractivity contribution in [3.8, 4) is 0 Å². The molecule has 16 heavy (non-hydrogen) atoms. The van der Waals surface area contributed by atoms with Gasteiger partial charge in [-0.3, -0.25) is 4.79 Å². The molecule has 0 aromatic carbocycles. The van der Waals surface area contributed by atoms with Crippen molar-refractivity contribution in [3.05, 3.63) is 11.8 Å². The highest BCUT2D eigenvalue weighted by Crippen LogP contribution is 2.24. The summed E-state index contributed by atoms with van der Waals surface area (Å²) in [5, 5.41) is 10.9. The second-order valence-corrected chi connectivity index (χ2v) is 3.92. The van der Waals surface area contributed by atoms with Gasteiger partial charge in [0.15, 0.2) is 0 Å². The molecule has 2 atom stereocenters. The third kappa shape index (κ3) is 2.21. The highest BCUT2D eigenvalue weighted by Gasteiger charge is 2.29. The number of carbonyl (C=O) groups excluding carboxylic acids is 1. The van der Waals surface area contributed by atoms with Crippen LogP contribution in [0.1, 0.15) is 30.5 Å². The van der Waals surface area contributed by atoms with E-state index in [4.69, 9.17) is 4.42 Å². The van der Waals surface area contributed by atoms with Gasteiger partial charge in [0.2, 0.25) is 11.8 Å². The van der Waals surface area contributed by atoms with Crippen molar-refractivity contribution in [2.45, 2.75) is 31.7 Å². The molecule has 6 heteroatoms. The topological polar surface area (TPSA) is 77.2 Å². The molecule has 1 aliphatic rings.